The maximum atomic E-state index is 9.36. The molecule has 1 saturated carbocycles. The minimum Gasteiger partial charge on any atom is -0.328 e. The van der Waals surface area contributed by atoms with E-state index in [1.165, 1.54) is 36.1 Å². The summed E-state index contributed by atoms with van der Waals surface area (Å²) in [7, 11) is 0. The van der Waals surface area contributed by atoms with Crippen molar-refractivity contribution in [1.82, 2.24) is 9.55 Å². The van der Waals surface area contributed by atoms with E-state index in [2.05, 4.69) is 38.7 Å². The van der Waals surface area contributed by atoms with E-state index in [0.29, 0.717) is 5.56 Å². The Hall–Kier alpha value is -2.88. The van der Waals surface area contributed by atoms with Crippen LogP contribution >= 0.6 is 0 Å². The fraction of sp³-hybridized carbons (Fsp3) is 0.481. The van der Waals surface area contributed by atoms with Gasteiger partial charge < -0.3 is 18.9 Å². The summed E-state index contributed by atoms with van der Waals surface area (Å²) in [5, 5.41) is 9.36. The monoisotopic (exact) mass is 440 g/mol. The Labute approximate surface area is 193 Å². The average Bonchev–Trinajstić information content (AvgIpc) is 3.36. The molecular formula is C27H28N4O2. The number of nitrogens with zero attached hydrogens (tertiary/aromatic N) is 4. The normalized spacial score (nSPS) is 30.3. The maximum Gasteiger partial charge on any atom is 0.241 e. The zero-order valence-electron chi connectivity index (χ0n) is 18.8. The number of imidazole rings is 1. The quantitative estimate of drug-likeness (QED) is 0.591. The van der Waals surface area contributed by atoms with Crippen LogP contribution in [0.5, 0.6) is 0 Å². The van der Waals surface area contributed by atoms with Crippen molar-refractivity contribution in [2.75, 3.05) is 11.4 Å². The molecule has 2 aliphatic heterocycles. The van der Waals surface area contributed by atoms with E-state index in [-0.39, 0.29) is 17.6 Å². The van der Waals surface area contributed by atoms with Crippen molar-refractivity contribution < 1.29 is 9.47 Å². The van der Waals surface area contributed by atoms with Crippen LogP contribution in [0.4, 0.5) is 5.69 Å². The Morgan fingerprint density at radius 3 is 2.97 bits per heavy atom. The molecule has 2 aromatic carbocycles. The molecule has 6 nitrogen and oxygen atoms in total. The van der Waals surface area contributed by atoms with Crippen LogP contribution in [0.2, 0.25) is 0 Å². The van der Waals surface area contributed by atoms with Gasteiger partial charge in [0.2, 0.25) is 6.41 Å². The lowest BCUT2D eigenvalue weighted by Gasteiger charge is -2.49. The van der Waals surface area contributed by atoms with Crippen LogP contribution in [-0.2, 0) is 28.9 Å². The van der Waals surface area contributed by atoms with Crippen molar-refractivity contribution in [3.8, 4) is 6.07 Å². The van der Waals surface area contributed by atoms with Gasteiger partial charge in [0.15, 0.2) is 0 Å². The highest BCUT2D eigenvalue weighted by Gasteiger charge is 2.59. The summed E-state index contributed by atoms with van der Waals surface area (Å²) in [4.78, 5) is 6.98. The number of anilines is 1. The van der Waals surface area contributed by atoms with Gasteiger partial charge in [-0.05, 0) is 80.3 Å². The third-order valence-corrected chi connectivity index (χ3v) is 8.21. The average molecular weight is 441 g/mol. The summed E-state index contributed by atoms with van der Waals surface area (Å²) < 4.78 is 15.7. The SMILES string of the molecule is N#Cc1ccc2ncn(C[C@@]34CCC[C@@]5(CN(c6cccc7c6CCCC7)C(O5)O3)C4)c2c1. The molecule has 1 unspecified atom stereocenters. The Morgan fingerprint density at radius 1 is 1.09 bits per heavy atom. The van der Waals surface area contributed by atoms with Crippen LogP contribution in [0, 0.1) is 11.3 Å². The number of aromatic nitrogens is 2. The molecule has 3 fully saturated rings. The summed E-state index contributed by atoms with van der Waals surface area (Å²) in [6.45, 7) is 1.64. The summed E-state index contributed by atoms with van der Waals surface area (Å²) in [6, 6.07) is 14.7. The van der Waals surface area contributed by atoms with E-state index >= 15 is 0 Å². The lowest BCUT2D eigenvalue weighted by atomic mass is 9.74. The molecule has 6 heteroatoms. The van der Waals surface area contributed by atoms with Gasteiger partial charge in [-0.15, -0.1) is 0 Å². The first-order valence-corrected chi connectivity index (χ1v) is 12.2. The number of aryl methyl sites for hydroxylation is 1. The number of rotatable bonds is 3. The Morgan fingerprint density at radius 2 is 2.03 bits per heavy atom. The second-order valence-electron chi connectivity index (χ2n) is 10.4. The van der Waals surface area contributed by atoms with Crippen molar-refractivity contribution >= 4 is 16.7 Å². The fourth-order valence-corrected chi connectivity index (χ4v) is 6.80. The van der Waals surface area contributed by atoms with Crippen molar-refractivity contribution in [2.24, 2.45) is 0 Å². The first-order chi connectivity index (χ1) is 16.2. The minimum absolute atomic E-state index is 0.146. The van der Waals surface area contributed by atoms with Gasteiger partial charge >= 0.3 is 0 Å². The molecule has 168 valence electrons. The third kappa shape index (κ3) is 3.03. The lowest BCUT2D eigenvalue weighted by molar-refractivity contribution is -0.301. The molecule has 3 heterocycles. The topological polar surface area (TPSA) is 63.3 Å². The number of hydrogen-bond acceptors (Lipinski definition) is 5. The molecule has 0 amide bonds. The van der Waals surface area contributed by atoms with Crippen molar-refractivity contribution in [1.29, 1.82) is 5.26 Å². The van der Waals surface area contributed by atoms with E-state index < -0.39 is 0 Å². The standard InChI is InChI=1S/C27H28N4O2/c28-14-19-9-10-22-24(13-19)30(18-29-22)16-26-11-4-12-27(15-26)17-31(25(32-26)33-27)23-8-3-6-20-5-1-2-7-21(20)23/h3,6,8-10,13,18,25H,1-2,4-5,7,11-12,15-17H2/t25?,26-,27-/m0/s1. The van der Waals surface area contributed by atoms with Crippen LogP contribution in [-0.4, -0.2) is 33.7 Å². The Balaban J connectivity index is 1.24. The minimum atomic E-state index is -0.336. The van der Waals surface area contributed by atoms with E-state index in [0.717, 1.165) is 56.2 Å². The molecule has 0 N–H and O–H groups in total. The predicted octanol–water partition coefficient (Wildman–Crippen LogP) is 4.69. The van der Waals surface area contributed by atoms with Gasteiger partial charge in [0.25, 0.3) is 0 Å². The first-order valence-electron chi connectivity index (χ1n) is 12.2. The van der Waals surface area contributed by atoms with Gasteiger partial charge in [0, 0.05) is 12.1 Å². The Kier molecular flexibility index (Phi) is 4.19. The van der Waals surface area contributed by atoms with Crippen LogP contribution in [0.1, 0.15) is 55.2 Å². The molecule has 2 saturated heterocycles. The van der Waals surface area contributed by atoms with Crippen LogP contribution < -0.4 is 4.90 Å². The number of hydrogen-bond donors (Lipinski definition) is 0. The molecule has 3 atom stereocenters. The van der Waals surface area contributed by atoms with Crippen LogP contribution in [0.25, 0.3) is 11.0 Å². The zero-order chi connectivity index (χ0) is 22.0. The fourth-order valence-electron chi connectivity index (χ4n) is 6.80. The lowest BCUT2D eigenvalue weighted by Crippen LogP contribution is -2.55. The molecule has 1 spiro atoms. The van der Waals surface area contributed by atoms with Gasteiger partial charge in [0.05, 0.1) is 53.3 Å². The second-order valence-corrected chi connectivity index (χ2v) is 10.4. The molecule has 3 bridgehead atoms. The molecular weight excluding hydrogens is 412 g/mol. The molecule has 33 heavy (non-hydrogen) atoms. The predicted molar refractivity (Wildman–Crippen MR) is 125 cm³/mol. The van der Waals surface area contributed by atoms with E-state index in [1.54, 1.807) is 0 Å². The Bertz CT molecular complexity index is 1290. The molecule has 1 aromatic heterocycles. The van der Waals surface area contributed by atoms with E-state index in [4.69, 9.17) is 9.47 Å². The molecule has 7 rings (SSSR count). The smallest absolute Gasteiger partial charge is 0.241 e. The largest absolute Gasteiger partial charge is 0.328 e. The van der Waals surface area contributed by atoms with E-state index in [1.807, 2.05) is 24.5 Å². The maximum absolute atomic E-state index is 9.36. The summed E-state index contributed by atoms with van der Waals surface area (Å²) >= 11 is 0. The van der Waals surface area contributed by atoms with E-state index in [9.17, 15) is 5.26 Å². The summed E-state index contributed by atoms with van der Waals surface area (Å²) in [6.07, 6.45) is 10.5. The van der Waals surface area contributed by atoms with Gasteiger partial charge in [-0.2, -0.15) is 5.26 Å². The van der Waals surface area contributed by atoms with Gasteiger partial charge in [0.1, 0.15) is 0 Å². The van der Waals surface area contributed by atoms with Gasteiger partial charge in [-0.1, -0.05) is 12.1 Å². The number of nitriles is 1. The van der Waals surface area contributed by atoms with Crippen LogP contribution in [0.15, 0.2) is 42.7 Å². The van der Waals surface area contributed by atoms with Crippen molar-refractivity contribution in [3.63, 3.8) is 0 Å². The van der Waals surface area contributed by atoms with Crippen molar-refractivity contribution in [3.05, 3.63) is 59.4 Å². The highest BCUT2D eigenvalue weighted by Crippen LogP contribution is 2.52. The molecule has 2 aliphatic carbocycles. The number of fused-ring (bicyclic) bond motifs is 4. The highest BCUT2D eigenvalue weighted by molar-refractivity contribution is 5.77. The second kappa shape index (κ2) is 7.06. The zero-order valence-corrected chi connectivity index (χ0v) is 18.8. The molecule has 0 radical (unpaired) electrons. The molecule has 4 aliphatic rings. The van der Waals surface area contributed by atoms with Crippen LogP contribution in [0.3, 0.4) is 0 Å². The number of ether oxygens (including phenoxy) is 2. The first kappa shape index (κ1) is 19.6. The summed E-state index contributed by atoms with van der Waals surface area (Å²) in [5.41, 5.74) is 6.45. The molecule has 3 aromatic rings. The van der Waals surface area contributed by atoms with Crippen molar-refractivity contribution in [2.45, 2.75) is 75.5 Å². The third-order valence-electron chi connectivity index (χ3n) is 8.21. The number of benzene rings is 2. The highest BCUT2D eigenvalue weighted by atomic mass is 16.7. The summed E-state index contributed by atoms with van der Waals surface area (Å²) in [5.74, 6) is 0. The van der Waals surface area contributed by atoms with Gasteiger partial charge in [-0.3, -0.25) is 0 Å². The van der Waals surface area contributed by atoms with Gasteiger partial charge in [-0.25, -0.2) is 4.98 Å².